The van der Waals surface area contributed by atoms with Crippen molar-refractivity contribution in [1.82, 2.24) is 0 Å². The zero-order chi connectivity index (χ0) is 19.6. The molecule has 0 N–H and O–H groups in total. The Morgan fingerprint density at radius 3 is 1.74 bits per heavy atom. The van der Waals surface area contributed by atoms with Crippen molar-refractivity contribution in [1.29, 1.82) is 0 Å². The van der Waals surface area contributed by atoms with Gasteiger partial charge >= 0.3 is 35.5 Å². The molecule has 0 rings (SSSR count). The number of aliphatic carboxylic acids is 1. The monoisotopic (exact) mass is 390 g/mol. The van der Waals surface area contributed by atoms with Crippen LogP contribution in [0, 0.1) is 0 Å². The number of unbranched alkanes of at least 4 members (excludes halogenated alkanes) is 10. The van der Waals surface area contributed by atoms with E-state index >= 15 is 0 Å². The minimum Gasteiger partial charge on any atom is -0.550 e. The number of carbonyl (C=O) groups is 2. The molecule has 4 nitrogen and oxygen atoms in total. The SMILES string of the molecule is C=C(C)C(=O)OC(CCCCC)CCCCCCCCCCCC(=O)[O-].[Na+]. The van der Waals surface area contributed by atoms with Crippen LogP contribution in [0.5, 0.6) is 0 Å². The first-order valence-corrected chi connectivity index (χ1v) is 10.5. The molecular formula is C22H39NaO4. The van der Waals surface area contributed by atoms with Gasteiger partial charge in [0.15, 0.2) is 0 Å². The number of rotatable bonds is 18. The molecule has 0 radical (unpaired) electrons. The third-order valence-corrected chi connectivity index (χ3v) is 4.66. The van der Waals surface area contributed by atoms with E-state index in [9.17, 15) is 14.7 Å². The summed E-state index contributed by atoms with van der Waals surface area (Å²) in [6.07, 6.45) is 15.6. The first-order valence-electron chi connectivity index (χ1n) is 10.5. The van der Waals surface area contributed by atoms with Crippen molar-refractivity contribution in [2.75, 3.05) is 0 Å². The molecule has 27 heavy (non-hydrogen) atoms. The van der Waals surface area contributed by atoms with Gasteiger partial charge in [-0.1, -0.05) is 71.3 Å². The summed E-state index contributed by atoms with van der Waals surface area (Å²) in [6, 6.07) is 0. The van der Waals surface area contributed by atoms with Crippen molar-refractivity contribution in [3.63, 3.8) is 0 Å². The quantitative estimate of drug-likeness (QED) is 0.156. The predicted octanol–water partition coefficient (Wildman–Crippen LogP) is 2.10. The van der Waals surface area contributed by atoms with E-state index in [1.807, 2.05) is 0 Å². The van der Waals surface area contributed by atoms with Crippen molar-refractivity contribution in [2.45, 2.75) is 116 Å². The number of carboxylic acid groups (broad SMARTS) is 1. The van der Waals surface area contributed by atoms with Gasteiger partial charge in [-0.25, -0.2) is 4.79 Å². The predicted molar refractivity (Wildman–Crippen MR) is 105 cm³/mol. The van der Waals surface area contributed by atoms with Gasteiger partial charge in [0.2, 0.25) is 0 Å². The first kappa shape index (κ1) is 28.9. The van der Waals surface area contributed by atoms with E-state index in [4.69, 9.17) is 4.74 Å². The topological polar surface area (TPSA) is 66.4 Å². The maximum Gasteiger partial charge on any atom is 1.00 e. The Kier molecular flexibility index (Phi) is 21.8. The summed E-state index contributed by atoms with van der Waals surface area (Å²) in [5.41, 5.74) is 0.477. The molecule has 0 heterocycles. The van der Waals surface area contributed by atoms with Gasteiger partial charge in [0.1, 0.15) is 6.10 Å². The van der Waals surface area contributed by atoms with Gasteiger partial charge in [0.25, 0.3) is 0 Å². The number of carbonyl (C=O) groups excluding carboxylic acids is 2. The molecule has 0 amide bonds. The van der Waals surface area contributed by atoms with E-state index in [1.54, 1.807) is 6.92 Å². The van der Waals surface area contributed by atoms with E-state index in [0.717, 1.165) is 44.9 Å². The molecule has 0 bridgehead atoms. The van der Waals surface area contributed by atoms with E-state index in [1.165, 1.54) is 44.9 Å². The Balaban J connectivity index is 0. The molecule has 0 spiro atoms. The Morgan fingerprint density at radius 1 is 0.852 bits per heavy atom. The van der Waals surface area contributed by atoms with Gasteiger partial charge < -0.3 is 14.6 Å². The number of ether oxygens (including phenoxy) is 1. The first-order chi connectivity index (χ1) is 12.5. The number of carboxylic acids is 1. The second kappa shape index (κ2) is 20.4. The van der Waals surface area contributed by atoms with Gasteiger partial charge in [-0.05, 0) is 45.4 Å². The molecule has 0 aliphatic heterocycles. The van der Waals surface area contributed by atoms with Gasteiger partial charge in [-0.3, -0.25) is 0 Å². The molecule has 0 saturated carbocycles. The Morgan fingerprint density at radius 2 is 1.30 bits per heavy atom. The van der Waals surface area contributed by atoms with Gasteiger partial charge in [-0.15, -0.1) is 0 Å². The van der Waals surface area contributed by atoms with Crippen molar-refractivity contribution in [3.05, 3.63) is 12.2 Å². The van der Waals surface area contributed by atoms with Crippen LogP contribution in [-0.4, -0.2) is 18.0 Å². The number of hydrogen-bond donors (Lipinski definition) is 0. The minimum absolute atomic E-state index is 0. The summed E-state index contributed by atoms with van der Waals surface area (Å²) in [5, 5.41) is 10.3. The van der Waals surface area contributed by atoms with Crippen LogP contribution in [0.4, 0.5) is 0 Å². The normalized spacial score (nSPS) is 11.5. The smallest absolute Gasteiger partial charge is 0.550 e. The summed E-state index contributed by atoms with van der Waals surface area (Å²) >= 11 is 0. The third-order valence-electron chi connectivity index (χ3n) is 4.66. The van der Waals surface area contributed by atoms with Crippen molar-refractivity contribution in [2.24, 2.45) is 0 Å². The van der Waals surface area contributed by atoms with Crippen LogP contribution in [0.1, 0.15) is 110 Å². The average molecular weight is 391 g/mol. The van der Waals surface area contributed by atoms with E-state index in [-0.39, 0.29) is 48.1 Å². The summed E-state index contributed by atoms with van der Waals surface area (Å²) in [5.74, 6) is -1.20. The number of esters is 1. The molecule has 0 aliphatic carbocycles. The van der Waals surface area contributed by atoms with E-state index in [2.05, 4.69) is 13.5 Å². The molecule has 0 aromatic heterocycles. The Bertz CT molecular complexity index is 396. The summed E-state index contributed by atoms with van der Waals surface area (Å²) in [6.45, 7) is 7.54. The summed E-state index contributed by atoms with van der Waals surface area (Å²) < 4.78 is 5.57. The van der Waals surface area contributed by atoms with Crippen molar-refractivity contribution in [3.8, 4) is 0 Å². The summed E-state index contributed by atoms with van der Waals surface area (Å²) in [4.78, 5) is 22.1. The zero-order valence-corrected chi connectivity index (χ0v) is 20.0. The van der Waals surface area contributed by atoms with Crippen LogP contribution in [0.25, 0.3) is 0 Å². The van der Waals surface area contributed by atoms with Gasteiger partial charge in [0, 0.05) is 11.5 Å². The molecule has 0 aromatic carbocycles. The van der Waals surface area contributed by atoms with E-state index in [0.29, 0.717) is 5.57 Å². The summed E-state index contributed by atoms with van der Waals surface area (Å²) in [7, 11) is 0. The maximum atomic E-state index is 11.7. The second-order valence-corrected chi connectivity index (χ2v) is 7.40. The molecule has 0 aliphatic rings. The van der Waals surface area contributed by atoms with Crippen LogP contribution in [0.2, 0.25) is 0 Å². The molecule has 0 saturated heterocycles. The van der Waals surface area contributed by atoms with E-state index < -0.39 is 5.97 Å². The fraction of sp³-hybridized carbons (Fsp3) is 0.818. The second-order valence-electron chi connectivity index (χ2n) is 7.40. The number of hydrogen-bond acceptors (Lipinski definition) is 4. The Hall–Kier alpha value is -0.320. The third kappa shape index (κ3) is 20.2. The molecule has 152 valence electrons. The van der Waals surface area contributed by atoms with Crippen molar-refractivity contribution < 1.29 is 49.0 Å². The largest absolute Gasteiger partial charge is 1.00 e. The standard InChI is InChI=1S/C22H40O4.Na/c1-4-5-13-16-20(26-22(25)19(2)3)17-14-11-9-7-6-8-10-12-15-18-21(23)24;/h20H,2,4-18H2,1,3H3,(H,23,24);/q;+1/p-1. The zero-order valence-electron chi connectivity index (χ0n) is 18.0. The van der Waals surface area contributed by atoms with Crippen LogP contribution < -0.4 is 34.7 Å². The Labute approximate surface area is 188 Å². The van der Waals surface area contributed by atoms with Crippen molar-refractivity contribution >= 4 is 11.9 Å². The minimum atomic E-state index is -0.938. The maximum absolute atomic E-state index is 11.7. The molecular weight excluding hydrogens is 351 g/mol. The molecule has 1 unspecified atom stereocenters. The molecule has 0 fully saturated rings. The molecule has 1 atom stereocenters. The van der Waals surface area contributed by atoms with Gasteiger partial charge in [-0.2, -0.15) is 0 Å². The molecule has 0 aromatic rings. The van der Waals surface area contributed by atoms with Crippen LogP contribution >= 0.6 is 0 Å². The van der Waals surface area contributed by atoms with Crippen LogP contribution in [-0.2, 0) is 14.3 Å². The fourth-order valence-electron chi connectivity index (χ4n) is 3.01. The fourth-order valence-corrected chi connectivity index (χ4v) is 3.01. The van der Waals surface area contributed by atoms with Crippen LogP contribution in [0.15, 0.2) is 12.2 Å². The average Bonchev–Trinajstić information content (AvgIpc) is 2.59. The van der Waals surface area contributed by atoms with Gasteiger partial charge in [0.05, 0.1) is 0 Å². The molecule has 5 heteroatoms. The van der Waals surface area contributed by atoms with Crippen LogP contribution in [0.3, 0.4) is 0 Å².